The van der Waals surface area contributed by atoms with Gasteiger partial charge < -0.3 is 10.2 Å². The number of hydrogen-bond acceptors (Lipinski definition) is 5. The largest absolute Gasteiger partial charge is 0.358 e. The van der Waals surface area contributed by atoms with Crippen LogP contribution in [0.15, 0.2) is 0 Å². The Bertz CT molecular complexity index is 625. The molecule has 1 heterocycles. The molecule has 0 spiro atoms. The van der Waals surface area contributed by atoms with Crippen molar-refractivity contribution < 1.29 is 4.79 Å². The normalized spacial score (nSPS) is 20.8. The molecule has 1 aromatic rings. The van der Waals surface area contributed by atoms with Crippen molar-refractivity contribution in [1.82, 2.24) is 9.88 Å². The average molecular weight is 398 g/mol. The summed E-state index contributed by atoms with van der Waals surface area (Å²) in [7, 11) is 2.07. The number of aromatic nitrogens is 1. The number of aryl methyl sites for hydroxylation is 1. The van der Waals surface area contributed by atoms with Crippen LogP contribution in [0, 0.1) is 5.92 Å². The van der Waals surface area contributed by atoms with Crippen LogP contribution < -0.4 is 5.32 Å². The van der Waals surface area contributed by atoms with Crippen LogP contribution >= 0.6 is 35.3 Å². The van der Waals surface area contributed by atoms with Gasteiger partial charge in [-0.05, 0) is 38.0 Å². The van der Waals surface area contributed by atoms with E-state index in [0.29, 0.717) is 11.8 Å². The Morgan fingerprint density at radius 1 is 1.36 bits per heavy atom. The monoisotopic (exact) mass is 397 g/mol. The maximum Gasteiger partial charge on any atom is 0.236 e. The van der Waals surface area contributed by atoms with E-state index in [-0.39, 0.29) is 5.91 Å². The standard InChI is InChI=1S/C18H27N3OS3/c1-12-8-9-14-15(10-12)25-17(19-14)20-16(22)11-24-18(23)21(2)13-6-4-3-5-7-13/h12-13H,3-11H2,1-2H3,(H,19,20,22). The fraction of sp³-hybridized carbons (Fsp3) is 0.722. The maximum atomic E-state index is 12.2. The third kappa shape index (κ3) is 5.17. The molecule has 25 heavy (non-hydrogen) atoms. The molecule has 0 aliphatic heterocycles. The van der Waals surface area contributed by atoms with Gasteiger partial charge in [-0.15, -0.1) is 11.3 Å². The minimum absolute atomic E-state index is 0.0106. The van der Waals surface area contributed by atoms with Crippen LogP contribution in [0.1, 0.15) is 56.0 Å². The number of thiazole rings is 1. The second-order valence-electron chi connectivity index (χ2n) is 7.24. The molecule has 7 heteroatoms. The molecule has 1 N–H and O–H groups in total. The summed E-state index contributed by atoms with van der Waals surface area (Å²) < 4.78 is 0.828. The van der Waals surface area contributed by atoms with Crippen LogP contribution in [0.25, 0.3) is 0 Å². The second kappa shape index (κ2) is 8.82. The lowest BCUT2D eigenvalue weighted by atomic mass is 9.93. The summed E-state index contributed by atoms with van der Waals surface area (Å²) >= 11 is 8.62. The number of carbonyl (C=O) groups excluding carboxylic acids is 1. The number of anilines is 1. The lowest BCUT2D eigenvalue weighted by Gasteiger charge is -2.32. The lowest BCUT2D eigenvalue weighted by molar-refractivity contribution is -0.113. The summed E-state index contributed by atoms with van der Waals surface area (Å²) in [5.74, 6) is 1.07. The third-order valence-corrected chi connectivity index (χ3v) is 7.79. The smallest absolute Gasteiger partial charge is 0.236 e. The van der Waals surface area contributed by atoms with Gasteiger partial charge in [0.1, 0.15) is 4.32 Å². The van der Waals surface area contributed by atoms with Gasteiger partial charge in [-0.3, -0.25) is 4.79 Å². The van der Waals surface area contributed by atoms with Gasteiger partial charge in [0, 0.05) is 18.0 Å². The van der Waals surface area contributed by atoms with E-state index in [2.05, 4.69) is 29.2 Å². The zero-order chi connectivity index (χ0) is 17.8. The van der Waals surface area contributed by atoms with Gasteiger partial charge in [0.2, 0.25) is 5.91 Å². The van der Waals surface area contributed by atoms with Crippen LogP contribution in [0.3, 0.4) is 0 Å². The molecule has 1 unspecified atom stereocenters. The van der Waals surface area contributed by atoms with Gasteiger partial charge in [0.05, 0.1) is 11.4 Å². The van der Waals surface area contributed by atoms with E-state index < -0.39 is 0 Å². The third-order valence-electron chi connectivity index (χ3n) is 5.17. The van der Waals surface area contributed by atoms with Crippen molar-refractivity contribution in [1.29, 1.82) is 0 Å². The zero-order valence-corrected chi connectivity index (χ0v) is 17.5. The van der Waals surface area contributed by atoms with Crippen molar-refractivity contribution in [2.45, 2.75) is 64.3 Å². The topological polar surface area (TPSA) is 45.2 Å². The molecule has 1 fully saturated rings. The van der Waals surface area contributed by atoms with Gasteiger partial charge in [-0.1, -0.05) is 50.2 Å². The number of thioether (sulfide) groups is 1. The first kappa shape index (κ1) is 19.1. The first-order valence-corrected chi connectivity index (χ1v) is 11.4. The van der Waals surface area contributed by atoms with Gasteiger partial charge >= 0.3 is 0 Å². The number of rotatable bonds is 4. The summed E-state index contributed by atoms with van der Waals surface area (Å²) in [6.07, 6.45) is 9.66. The van der Waals surface area contributed by atoms with Crippen molar-refractivity contribution in [3.05, 3.63) is 10.6 Å². The quantitative estimate of drug-likeness (QED) is 0.759. The maximum absolute atomic E-state index is 12.2. The number of fused-ring (bicyclic) bond motifs is 1. The Labute approximate surface area is 164 Å². The second-order valence-corrected chi connectivity index (χ2v) is 9.94. The highest BCUT2D eigenvalue weighted by molar-refractivity contribution is 8.23. The Morgan fingerprint density at radius 3 is 2.88 bits per heavy atom. The zero-order valence-electron chi connectivity index (χ0n) is 15.0. The molecule has 1 saturated carbocycles. The number of carbonyl (C=O) groups is 1. The Balaban J connectivity index is 1.45. The first-order chi connectivity index (χ1) is 12.0. The van der Waals surface area contributed by atoms with Crippen LogP contribution in [-0.2, 0) is 17.6 Å². The van der Waals surface area contributed by atoms with E-state index in [1.54, 1.807) is 11.3 Å². The molecule has 0 saturated heterocycles. The molecule has 2 aliphatic carbocycles. The van der Waals surface area contributed by atoms with E-state index >= 15 is 0 Å². The minimum Gasteiger partial charge on any atom is -0.358 e. The van der Waals surface area contributed by atoms with Crippen LogP contribution in [-0.4, -0.2) is 39.0 Å². The molecule has 1 amide bonds. The van der Waals surface area contributed by atoms with Gasteiger partial charge in [-0.2, -0.15) is 0 Å². The van der Waals surface area contributed by atoms with E-state index in [9.17, 15) is 4.79 Å². The highest BCUT2D eigenvalue weighted by Crippen LogP contribution is 2.32. The van der Waals surface area contributed by atoms with Gasteiger partial charge in [-0.25, -0.2) is 4.98 Å². The van der Waals surface area contributed by atoms with Crippen molar-refractivity contribution in [3.8, 4) is 0 Å². The summed E-state index contributed by atoms with van der Waals surface area (Å²) in [6, 6.07) is 0.546. The summed E-state index contributed by atoms with van der Waals surface area (Å²) in [5.41, 5.74) is 1.18. The van der Waals surface area contributed by atoms with Crippen LogP contribution in [0.5, 0.6) is 0 Å². The average Bonchev–Trinajstić information content (AvgIpc) is 3.01. The molecule has 0 bridgehead atoms. The molecule has 138 valence electrons. The fourth-order valence-corrected chi connectivity index (χ4v) is 5.79. The molecular formula is C18H27N3OS3. The molecule has 0 radical (unpaired) electrons. The van der Waals surface area contributed by atoms with Crippen molar-refractivity contribution in [2.75, 3.05) is 18.1 Å². The Morgan fingerprint density at radius 2 is 2.12 bits per heavy atom. The molecule has 1 aromatic heterocycles. The molecular weight excluding hydrogens is 370 g/mol. The van der Waals surface area contributed by atoms with E-state index in [0.717, 1.165) is 28.2 Å². The highest BCUT2D eigenvalue weighted by atomic mass is 32.2. The Kier molecular flexibility index (Phi) is 6.74. The van der Waals surface area contributed by atoms with Gasteiger partial charge in [0.25, 0.3) is 0 Å². The van der Waals surface area contributed by atoms with E-state index in [1.807, 2.05) is 0 Å². The van der Waals surface area contributed by atoms with Crippen molar-refractivity contribution in [2.24, 2.45) is 5.92 Å². The molecule has 0 aromatic carbocycles. The molecule has 4 nitrogen and oxygen atoms in total. The number of thiocarbonyl (C=S) groups is 1. The molecule has 1 atom stereocenters. The predicted molar refractivity (Wildman–Crippen MR) is 112 cm³/mol. The number of amides is 1. The molecule has 2 aliphatic rings. The number of nitrogens with one attached hydrogen (secondary N) is 1. The predicted octanol–water partition coefficient (Wildman–Crippen LogP) is 4.49. The number of hydrogen-bond donors (Lipinski definition) is 1. The Hall–Kier alpha value is -0.660. The van der Waals surface area contributed by atoms with Crippen molar-refractivity contribution in [3.63, 3.8) is 0 Å². The van der Waals surface area contributed by atoms with E-state index in [1.165, 1.54) is 60.9 Å². The lowest BCUT2D eigenvalue weighted by Crippen LogP contribution is -2.36. The molecule has 3 rings (SSSR count). The fourth-order valence-electron chi connectivity index (χ4n) is 3.60. The minimum atomic E-state index is -0.0106. The summed E-state index contributed by atoms with van der Waals surface area (Å²) in [4.78, 5) is 20.4. The SMILES string of the molecule is CC1CCc2nc(NC(=O)CSC(=S)N(C)C3CCCCC3)sc2C1. The van der Waals surface area contributed by atoms with Crippen LogP contribution in [0.4, 0.5) is 5.13 Å². The highest BCUT2D eigenvalue weighted by Gasteiger charge is 2.22. The first-order valence-electron chi connectivity index (χ1n) is 9.21. The van der Waals surface area contributed by atoms with Gasteiger partial charge in [0.15, 0.2) is 5.13 Å². The summed E-state index contributed by atoms with van der Waals surface area (Å²) in [5, 5.41) is 3.70. The summed E-state index contributed by atoms with van der Waals surface area (Å²) in [6.45, 7) is 2.28. The van der Waals surface area contributed by atoms with Crippen LogP contribution in [0.2, 0.25) is 0 Å². The number of nitrogens with zero attached hydrogens (tertiary/aromatic N) is 2. The van der Waals surface area contributed by atoms with Crippen molar-refractivity contribution >= 4 is 50.7 Å². The van der Waals surface area contributed by atoms with E-state index in [4.69, 9.17) is 12.2 Å².